The lowest BCUT2D eigenvalue weighted by atomic mass is 9.99. The largest absolute Gasteiger partial charge is 0.417 e. The van der Waals surface area contributed by atoms with Crippen LogP contribution in [0.3, 0.4) is 0 Å². The van der Waals surface area contributed by atoms with E-state index in [4.69, 9.17) is 17.3 Å². The van der Waals surface area contributed by atoms with E-state index in [0.29, 0.717) is 15.6 Å². The van der Waals surface area contributed by atoms with Gasteiger partial charge in [-0.1, -0.05) is 35.9 Å². The molecule has 0 radical (unpaired) electrons. The Hall–Kier alpha value is -1.92. The molecule has 7 heteroatoms. The van der Waals surface area contributed by atoms with Crippen LogP contribution in [-0.4, -0.2) is 5.17 Å². The molecule has 0 spiro atoms. The number of thiol groups is 1. The number of aliphatic imine (C=N–C) groups is 1. The molecule has 1 heterocycles. The lowest BCUT2D eigenvalue weighted by Crippen LogP contribution is -2.11. The summed E-state index contributed by atoms with van der Waals surface area (Å²) < 4.78 is 40.5. The second-order valence-electron chi connectivity index (χ2n) is 4.86. The van der Waals surface area contributed by atoms with Gasteiger partial charge in [-0.3, -0.25) is 0 Å². The SMILES string of the molecule is NC1=NC=C[SH]1c1ccc(-c2ccccc2Cl)c(C(F)(F)F)c1. The molecule has 0 bridgehead atoms. The molecule has 0 amide bonds. The predicted molar refractivity (Wildman–Crippen MR) is 89.9 cm³/mol. The second-order valence-corrected chi connectivity index (χ2v) is 7.28. The van der Waals surface area contributed by atoms with Crippen molar-refractivity contribution in [1.29, 1.82) is 0 Å². The van der Waals surface area contributed by atoms with Gasteiger partial charge in [-0.15, -0.1) is 10.9 Å². The summed E-state index contributed by atoms with van der Waals surface area (Å²) in [5.74, 6) is 0. The molecule has 1 aliphatic heterocycles. The van der Waals surface area contributed by atoms with Crippen molar-refractivity contribution in [3.8, 4) is 11.1 Å². The molecule has 1 atom stereocenters. The van der Waals surface area contributed by atoms with Gasteiger partial charge in [0.1, 0.15) is 5.17 Å². The number of hydrogen-bond donors (Lipinski definition) is 2. The van der Waals surface area contributed by atoms with Crippen LogP contribution in [0.25, 0.3) is 11.1 Å². The van der Waals surface area contributed by atoms with Crippen LogP contribution in [0.5, 0.6) is 0 Å². The first kappa shape index (κ1) is 16.0. The van der Waals surface area contributed by atoms with E-state index in [-0.39, 0.29) is 10.6 Å². The molecule has 2 N–H and O–H groups in total. The number of hydrogen-bond acceptors (Lipinski definition) is 2. The van der Waals surface area contributed by atoms with Crippen molar-refractivity contribution in [2.75, 3.05) is 0 Å². The van der Waals surface area contributed by atoms with Crippen molar-refractivity contribution < 1.29 is 13.2 Å². The summed E-state index contributed by atoms with van der Waals surface area (Å²) in [5, 5.41) is 2.35. The Bertz CT molecular complexity index is 815. The van der Waals surface area contributed by atoms with Crippen molar-refractivity contribution >= 4 is 27.7 Å². The van der Waals surface area contributed by atoms with Crippen LogP contribution in [0.1, 0.15) is 5.56 Å². The molecule has 2 nitrogen and oxygen atoms in total. The van der Waals surface area contributed by atoms with Crippen molar-refractivity contribution in [2.45, 2.75) is 11.1 Å². The third-order valence-electron chi connectivity index (χ3n) is 3.42. The fraction of sp³-hybridized carbons (Fsp3) is 0.0625. The average Bonchev–Trinajstić information content (AvgIpc) is 2.92. The predicted octanol–water partition coefficient (Wildman–Crippen LogP) is 5.19. The third kappa shape index (κ3) is 3.09. The van der Waals surface area contributed by atoms with Crippen molar-refractivity contribution in [1.82, 2.24) is 0 Å². The number of nitrogens with zero attached hydrogens (tertiary/aromatic N) is 1. The topological polar surface area (TPSA) is 38.4 Å². The first-order valence-electron chi connectivity index (χ1n) is 6.63. The quantitative estimate of drug-likeness (QED) is 0.714. The van der Waals surface area contributed by atoms with Crippen LogP contribution in [-0.2, 0) is 6.18 Å². The Morgan fingerprint density at radius 3 is 2.39 bits per heavy atom. The number of benzene rings is 2. The number of rotatable bonds is 2. The van der Waals surface area contributed by atoms with Crippen LogP contribution < -0.4 is 5.73 Å². The summed E-state index contributed by atoms with van der Waals surface area (Å²) >= 11 is 6.06. The van der Waals surface area contributed by atoms with Gasteiger partial charge in [0.05, 0.1) is 5.56 Å². The van der Waals surface area contributed by atoms with Gasteiger partial charge >= 0.3 is 6.18 Å². The Labute approximate surface area is 138 Å². The van der Waals surface area contributed by atoms with E-state index in [1.807, 2.05) is 0 Å². The van der Waals surface area contributed by atoms with E-state index < -0.39 is 22.6 Å². The minimum atomic E-state index is -4.49. The second kappa shape index (κ2) is 5.94. The normalized spacial score (nSPS) is 19.0. The average molecular weight is 357 g/mol. The highest BCUT2D eigenvalue weighted by molar-refractivity contribution is 8.32. The lowest BCUT2D eigenvalue weighted by Gasteiger charge is -2.19. The van der Waals surface area contributed by atoms with Crippen molar-refractivity contribution in [3.63, 3.8) is 0 Å². The van der Waals surface area contributed by atoms with Gasteiger partial charge in [0.2, 0.25) is 0 Å². The molecule has 23 heavy (non-hydrogen) atoms. The van der Waals surface area contributed by atoms with Gasteiger partial charge in [0.15, 0.2) is 0 Å². The van der Waals surface area contributed by atoms with Crippen LogP contribution >= 0.6 is 22.5 Å². The van der Waals surface area contributed by atoms with Crippen LogP contribution in [0.4, 0.5) is 13.2 Å². The summed E-state index contributed by atoms with van der Waals surface area (Å²) in [5.41, 5.74) is 5.44. The van der Waals surface area contributed by atoms with Gasteiger partial charge < -0.3 is 5.73 Å². The van der Waals surface area contributed by atoms with E-state index in [9.17, 15) is 13.2 Å². The molecule has 2 aromatic carbocycles. The van der Waals surface area contributed by atoms with E-state index in [0.717, 1.165) is 6.07 Å². The van der Waals surface area contributed by atoms with Crippen molar-refractivity contribution in [2.24, 2.45) is 10.7 Å². The van der Waals surface area contributed by atoms with E-state index in [1.165, 1.54) is 12.3 Å². The van der Waals surface area contributed by atoms with Gasteiger partial charge in [0, 0.05) is 16.8 Å². The van der Waals surface area contributed by atoms with Crippen molar-refractivity contribution in [3.05, 3.63) is 64.7 Å². The molecule has 0 saturated carbocycles. The zero-order chi connectivity index (χ0) is 16.6. The number of alkyl halides is 3. The molecule has 2 aromatic rings. The minimum Gasteiger partial charge on any atom is -0.379 e. The maximum absolute atomic E-state index is 13.5. The first-order chi connectivity index (χ1) is 10.9. The van der Waals surface area contributed by atoms with Crippen LogP contribution in [0.2, 0.25) is 5.02 Å². The summed E-state index contributed by atoms with van der Waals surface area (Å²) in [7, 11) is -1.14. The smallest absolute Gasteiger partial charge is 0.379 e. The Kier molecular flexibility index (Phi) is 4.12. The molecule has 0 aromatic heterocycles. The first-order valence-corrected chi connectivity index (χ1v) is 8.42. The standard InChI is InChI=1S/C16H12ClF3N2S/c17-14-4-2-1-3-12(14)11-6-5-10(9-13(11)16(18,19)20)23-8-7-22-15(23)21/h1-9,23H,(H2,21,22). The monoisotopic (exact) mass is 356 g/mol. The molecular weight excluding hydrogens is 345 g/mol. The molecule has 1 unspecified atom stereocenters. The zero-order valence-corrected chi connectivity index (χ0v) is 13.3. The molecule has 1 aliphatic rings. The lowest BCUT2D eigenvalue weighted by molar-refractivity contribution is -0.137. The highest BCUT2D eigenvalue weighted by atomic mass is 35.5. The maximum Gasteiger partial charge on any atom is 0.417 e. The summed E-state index contributed by atoms with van der Waals surface area (Å²) in [6.07, 6.45) is -2.97. The Balaban J connectivity index is 2.17. The number of amidine groups is 1. The molecule has 0 fully saturated rings. The molecule has 3 rings (SSSR count). The van der Waals surface area contributed by atoms with Gasteiger partial charge in [-0.05, 0) is 34.1 Å². The molecule has 0 saturated heterocycles. The highest BCUT2D eigenvalue weighted by Crippen LogP contribution is 2.46. The van der Waals surface area contributed by atoms with Crippen LogP contribution in [0.15, 0.2) is 64.0 Å². The molecule has 120 valence electrons. The van der Waals surface area contributed by atoms with Crippen LogP contribution in [0, 0.1) is 0 Å². The van der Waals surface area contributed by atoms with Gasteiger partial charge in [0.25, 0.3) is 0 Å². The Morgan fingerprint density at radius 2 is 1.78 bits per heavy atom. The number of nitrogens with two attached hydrogens (primary N) is 1. The summed E-state index contributed by atoms with van der Waals surface area (Å²) in [6.45, 7) is 0. The zero-order valence-electron chi connectivity index (χ0n) is 11.7. The highest BCUT2D eigenvalue weighted by Gasteiger charge is 2.35. The maximum atomic E-state index is 13.5. The van der Waals surface area contributed by atoms with Gasteiger partial charge in [-0.2, -0.15) is 13.2 Å². The van der Waals surface area contributed by atoms with Gasteiger partial charge in [-0.25, -0.2) is 4.99 Å². The van der Waals surface area contributed by atoms with E-state index in [2.05, 4.69) is 4.99 Å². The van der Waals surface area contributed by atoms with E-state index in [1.54, 1.807) is 35.7 Å². The summed E-state index contributed by atoms with van der Waals surface area (Å²) in [4.78, 5) is 4.43. The third-order valence-corrected chi connectivity index (χ3v) is 5.62. The van der Waals surface area contributed by atoms with E-state index >= 15 is 0 Å². The fourth-order valence-electron chi connectivity index (χ4n) is 2.36. The minimum absolute atomic E-state index is 0.0561. The summed E-state index contributed by atoms with van der Waals surface area (Å²) in [6, 6.07) is 10.7. The number of halogens is 4. The molecule has 0 aliphatic carbocycles. The fourth-order valence-corrected chi connectivity index (χ4v) is 4.09. The Morgan fingerprint density at radius 1 is 1.04 bits per heavy atom. The molecular formula is C16H12ClF3N2S.